The SMILES string of the molecule is Cc1noc(=O)c2ccc(C(=O)C(O)(CC(C)(C)c3ccc(F)cc3Cl)C(F)(F)F)c(N)c12. The van der Waals surface area contributed by atoms with E-state index in [-0.39, 0.29) is 27.1 Å². The van der Waals surface area contributed by atoms with E-state index in [0.29, 0.717) is 0 Å². The quantitative estimate of drug-likeness (QED) is 0.307. The number of Topliss-reactive ketones (excluding diaryl/α,β-unsaturated/α-hetero) is 1. The number of aryl methyl sites for hydroxylation is 1. The number of anilines is 1. The summed E-state index contributed by atoms with van der Waals surface area (Å²) in [5.74, 6) is -2.41. The predicted octanol–water partition coefficient (Wildman–Crippen LogP) is 4.72. The normalized spacial score (nSPS) is 14.3. The highest BCUT2D eigenvalue weighted by Crippen LogP contribution is 2.45. The van der Waals surface area contributed by atoms with Crippen molar-refractivity contribution in [3.05, 3.63) is 68.4 Å². The van der Waals surface area contributed by atoms with Gasteiger partial charge in [0, 0.05) is 22.4 Å². The molecular weight excluding hydrogens is 468 g/mol. The van der Waals surface area contributed by atoms with Gasteiger partial charge in [-0.3, -0.25) is 4.79 Å². The fraction of sp³-hybridized carbons (Fsp3) is 0.318. The zero-order valence-corrected chi connectivity index (χ0v) is 18.4. The zero-order valence-electron chi connectivity index (χ0n) is 17.7. The average molecular weight is 487 g/mol. The Morgan fingerprint density at radius 2 is 1.85 bits per heavy atom. The molecule has 0 amide bonds. The Bertz CT molecular complexity index is 1320. The van der Waals surface area contributed by atoms with E-state index in [0.717, 1.165) is 24.3 Å². The first kappa shape index (κ1) is 24.7. The molecule has 1 heterocycles. The van der Waals surface area contributed by atoms with E-state index in [2.05, 4.69) is 9.68 Å². The van der Waals surface area contributed by atoms with Gasteiger partial charge in [-0.15, -0.1) is 0 Å². The van der Waals surface area contributed by atoms with Gasteiger partial charge in [-0.1, -0.05) is 36.7 Å². The lowest BCUT2D eigenvalue weighted by Crippen LogP contribution is -2.55. The van der Waals surface area contributed by atoms with E-state index in [1.165, 1.54) is 26.8 Å². The summed E-state index contributed by atoms with van der Waals surface area (Å²) in [6.45, 7) is 4.06. The molecule has 3 rings (SSSR count). The third-order valence-electron chi connectivity index (χ3n) is 5.54. The molecule has 0 saturated carbocycles. The van der Waals surface area contributed by atoms with Gasteiger partial charge < -0.3 is 15.4 Å². The minimum Gasteiger partial charge on any atom is -0.398 e. The van der Waals surface area contributed by atoms with Crippen molar-refractivity contribution in [2.75, 3.05) is 5.73 Å². The van der Waals surface area contributed by atoms with Crippen LogP contribution in [-0.4, -0.2) is 27.8 Å². The molecular formula is C22H19ClF4N2O4. The third kappa shape index (κ3) is 4.20. The first-order valence-electron chi connectivity index (χ1n) is 9.58. The van der Waals surface area contributed by atoms with Crippen LogP contribution in [0.25, 0.3) is 10.8 Å². The van der Waals surface area contributed by atoms with Gasteiger partial charge in [-0.05, 0) is 42.2 Å². The van der Waals surface area contributed by atoms with Crippen LogP contribution in [0.4, 0.5) is 23.2 Å². The maximum atomic E-state index is 14.2. The van der Waals surface area contributed by atoms with Crippen molar-refractivity contribution >= 4 is 33.8 Å². The summed E-state index contributed by atoms with van der Waals surface area (Å²) in [5, 5.41) is 14.0. The van der Waals surface area contributed by atoms with E-state index >= 15 is 0 Å². The number of halogens is 5. The van der Waals surface area contributed by atoms with E-state index in [9.17, 15) is 32.3 Å². The minimum atomic E-state index is -5.40. The fourth-order valence-electron chi connectivity index (χ4n) is 3.89. The first-order valence-corrected chi connectivity index (χ1v) is 9.96. The molecule has 1 unspecified atom stereocenters. The Balaban J connectivity index is 2.17. The van der Waals surface area contributed by atoms with Crippen molar-refractivity contribution in [1.82, 2.24) is 5.16 Å². The molecule has 1 atom stereocenters. The first-order chi connectivity index (χ1) is 15.1. The Hall–Kier alpha value is -2.98. The van der Waals surface area contributed by atoms with Crippen LogP contribution < -0.4 is 11.4 Å². The molecule has 176 valence electrons. The van der Waals surface area contributed by atoms with E-state index in [1.54, 1.807) is 0 Å². The number of fused-ring (bicyclic) bond motifs is 1. The number of nitrogens with two attached hydrogens (primary N) is 1. The van der Waals surface area contributed by atoms with Crippen molar-refractivity contribution in [2.24, 2.45) is 0 Å². The summed E-state index contributed by atoms with van der Waals surface area (Å²) in [6, 6.07) is 5.14. The van der Waals surface area contributed by atoms with Crippen molar-refractivity contribution < 1.29 is 32.0 Å². The Kier molecular flexibility index (Phi) is 6.06. The molecule has 0 radical (unpaired) electrons. The van der Waals surface area contributed by atoms with Gasteiger partial charge in [0.25, 0.3) is 0 Å². The summed E-state index contributed by atoms with van der Waals surface area (Å²) in [5.41, 5.74) is -1.24. The molecule has 6 nitrogen and oxygen atoms in total. The number of hydrogen-bond acceptors (Lipinski definition) is 6. The summed E-state index contributed by atoms with van der Waals surface area (Å²) in [6.07, 6.45) is -6.54. The number of nitrogens with zero attached hydrogens (tertiary/aromatic N) is 1. The van der Waals surface area contributed by atoms with Gasteiger partial charge in [0.2, 0.25) is 11.4 Å². The second-order valence-electron chi connectivity index (χ2n) is 8.38. The maximum absolute atomic E-state index is 14.2. The minimum absolute atomic E-state index is 0.0533. The molecule has 0 bridgehead atoms. The van der Waals surface area contributed by atoms with E-state index in [1.807, 2.05) is 0 Å². The molecule has 0 aliphatic carbocycles. The number of alkyl halides is 3. The lowest BCUT2D eigenvalue weighted by atomic mass is 9.72. The number of carbonyl (C=O) groups is 1. The lowest BCUT2D eigenvalue weighted by Gasteiger charge is -2.37. The zero-order chi connectivity index (χ0) is 24.9. The molecule has 0 aliphatic rings. The third-order valence-corrected chi connectivity index (χ3v) is 5.85. The van der Waals surface area contributed by atoms with Crippen LogP contribution >= 0.6 is 11.6 Å². The highest BCUT2D eigenvalue weighted by molar-refractivity contribution is 6.31. The number of nitrogen functional groups attached to an aromatic ring is 1. The molecule has 0 saturated heterocycles. The van der Waals surface area contributed by atoms with Crippen LogP contribution in [0, 0.1) is 12.7 Å². The highest BCUT2D eigenvalue weighted by Gasteiger charge is 2.61. The lowest BCUT2D eigenvalue weighted by molar-refractivity contribution is -0.242. The number of ketones is 1. The summed E-state index contributed by atoms with van der Waals surface area (Å²) < 4.78 is 60.5. The van der Waals surface area contributed by atoms with Gasteiger partial charge in [-0.2, -0.15) is 13.2 Å². The molecule has 1 aromatic heterocycles. The van der Waals surface area contributed by atoms with Crippen molar-refractivity contribution in [1.29, 1.82) is 0 Å². The van der Waals surface area contributed by atoms with Gasteiger partial charge >= 0.3 is 11.8 Å². The van der Waals surface area contributed by atoms with Crippen LogP contribution in [0.1, 0.15) is 41.9 Å². The second-order valence-corrected chi connectivity index (χ2v) is 8.78. The fourth-order valence-corrected chi connectivity index (χ4v) is 4.31. The van der Waals surface area contributed by atoms with Gasteiger partial charge in [-0.25, -0.2) is 9.18 Å². The van der Waals surface area contributed by atoms with E-state index in [4.69, 9.17) is 17.3 Å². The standard InChI is InChI=1S/C22H19ClF4N2O4/c1-10-16-12(19(31)33-29-10)5-6-13(17(16)28)18(30)21(32,22(25,26)27)9-20(2,3)14-7-4-11(24)8-15(14)23/h4-8,32H,9,28H2,1-3H3. The van der Waals surface area contributed by atoms with Crippen molar-refractivity contribution in [3.63, 3.8) is 0 Å². The number of aromatic nitrogens is 1. The molecule has 2 aromatic carbocycles. The molecule has 11 heteroatoms. The molecule has 0 spiro atoms. The summed E-state index contributed by atoms with van der Waals surface area (Å²) in [7, 11) is 0. The number of hydrogen-bond donors (Lipinski definition) is 2. The molecule has 0 aliphatic heterocycles. The number of aliphatic hydroxyl groups is 1. The summed E-state index contributed by atoms with van der Waals surface area (Å²) in [4.78, 5) is 25.0. The van der Waals surface area contributed by atoms with Crippen LogP contribution in [0.5, 0.6) is 0 Å². The molecule has 33 heavy (non-hydrogen) atoms. The molecule has 3 aromatic rings. The van der Waals surface area contributed by atoms with Gasteiger partial charge in [0.1, 0.15) is 5.82 Å². The van der Waals surface area contributed by atoms with Crippen molar-refractivity contribution in [2.45, 2.75) is 44.4 Å². The average Bonchev–Trinajstić information content (AvgIpc) is 2.68. The molecule has 0 fully saturated rings. The molecule has 3 N–H and O–H groups in total. The van der Waals surface area contributed by atoms with Gasteiger partial charge in [0.05, 0.1) is 16.8 Å². The highest BCUT2D eigenvalue weighted by atomic mass is 35.5. The predicted molar refractivity (Wildman–Crippen MR) is 114 cm³/mol. The van der Waals surface area contributed by atoms with Crippen LogP contribution in [-0.2, 0) is 5.41 Å². The number of benzene rings is 2. The Labute approximate surface area is 189 Å². The number of carbonyl (C=O) groups excluding carboxylic acids is 1. The second kappa shape index (κ2) is 8.11. The van der Waals surface area contributed by atoms with Crippen molar-refractivity contribution in [3.8, 4) is 0 Å². The van der Waals surface area contributed by atoms with Crippen LogP contribution in [0.2, 0.25) is 5.02 Å². The largest absolute Gasteiger partial charge is 0.424 e. The van der Waals surface area contributed by atoms with E-state index < -0.39 is 52.1 Å². The Morgan fingerprint density at radius 3 is 2.42 bits per heavy atom. The maximum Gasteiger partial charge on any atom is 0.424 e. The smallest absolute Gasteiger partial charge is 0.398 e. The Morgan fingerprint density at radius 1 is 1.21 bits per heavy atom. The number of rotatable bonds is 5. The van der Waals surface area contributed by atoms with Gasteiger partial charge in [0.15, 0.2) is 0 Å². The summed E-state index contributed by atoms with van der Waals surface area (Å²) >= 11 is 6.02. The monoisotopic (exact) mass is 486 g/mol. The topological polar surface area (TPSA) is 106 Å². The van der Waals surface area contributed by atoms with Crippen LogP contribution in [0.3, 0.4) is 0 Å². The van der Waals surface area contributed by atoms with Crippen LogP contribution in [0.15, 0.2) is 39.6 Å².